The fourth-order valence-corrected chi connectivity index (χ4v) is 2.65. The van der Waals surface area contributed by atoms with Gasteiger partial charge in [0.15, 0.2) is 0 Å². The zero-order chi connectivity index (χ0) is 13.7. The van der Waals surface area contributed by atoms with E-state index in [9.17, 15) is 4.79 Å². The predicted molar refractivity (Wildman–Crippen MR) is 73.1 cm³/mol. The first kappa shape index (κ1) is 15.1. The van der Waals surface area contributed by atoms with Gasteiger partial charge in [0, 0.05) is 24.5 Å². The zero-order valence-electron chi connectivity index (χ0n) is 11.4. The molecule has 102 valence electrons. The molecule has 1 N–H and O–H groups in total. The Labute approximate surface area is 112 Å². The second-order valence-corrected chi connectivity index (χ2v) is 5.94. The minimum absolute atomic E-state index is 0.0736. The van der Waals surface area contributed by atoms with E-state index in [4.69, 9.17) is 5.11 Å². The van der Waals surface area contributed by atoms with E-state index in [0.29, 0.717) is 6.54 Å². The molecule has 0 atom stereocenters. The summed E-state index contributed by atoms with van der Waals surface area (Å²) >= 11 is 1.64. The van der Waals surface area contributed by atoms with Crippen molar-refractivity contribution >= 4 is 17.3 Å². The summed E-state index contributed by atoms with van der Waals surface area (Å²) < 4.78 is 0. The van der Waals surface area contributed by atoms with Crippen LogP contribution in [0.3, 0.4) is 0 Å². The van der Waals surface area contributed by atoms with Gasteiger partial charge < -0.3 is 10.0 Å². The van der Waals surface area contributed by atoms with E-state index in [1.807, 2.05) is 32.8 Å². The summed E-state index contributed by atoms with van der Waals surface area (Å²) in [6.45, 7) is 6.29. The topological polar surface area (TPSA) is 56.7 Å². The molecule has 0 aromatic carbocycles. The maximum atomic E-state index is 10.9. The number of carbonyl (C=O) groups is 1. The molecule has 0 fully saturated rings. The van der Waals surface area contributed by atoms with Crippen LogP contribution >= 0.6 is 11.3 Å². The normalized spacial score (nSPS) is 11.4. The van der Waals surface area contributed by atoms with Crippen LogP contribution < -0.4 is 0 Å². The Kier molecular flexibility index (Phi) is 5.71. The van der Waals surface area contributed by atoms with Crippen molar-refractivity contribution in [2.75, 3.05) is 33.7 Å². The van der Waals surface area contributed by atoms with Crippen LogP contribution in [0.25, 0.3) is 0 Å². The fourth-order valence-electron chi connectivity index (χ4n) is 1.67. The predicted octanol–water partition coefficient (Wildman–Crippen LogP) is 1.21. The summed E-state index contributed by atoms with van der Waals surface area (Å²) in [5.41, 5.74) is 1.01. The smallest absolute Gasteiger partial charge is 0.317 e. The van der Waals surface area contributed by atoms with Gasteiger partial charge >= 0.3 is 5.97 Å². The Bertz CT molecular complexity index is 404. The second kappa shape index (κ2) is 6.82. The number of aliphatic carboxylic acids is 1. The van der Waals surface area contributed by atoms with Gasteiger partial charge in [-0.05, 0) is 27.9 Å². The molecule has 0 spiro atoms. The fraction of sp³-hybridized carbons (Fsp3) is 0.667. The Morgan fingerprint density at radius 1 is 1.33 bits per heavy atom. The van der Waals surface area contributed by atoms with Gasteiger partial charge in [-0.15, -0.1) is 11.3 Å². The van der Waals surface area contributed by atoms with Crippen LogP contribution in [-0.4, -0.2) is 59.6 Å². The lowest BCUT2D eigenvalue weighted by atomic mass is 10.3. The molecule has 0 amide bonds. The lowest BCUT2D eigenvalue weighted by molar-refractivity contribution is -0.138. The summed E-state index contributed by atoms with van der Waals surface area (Å²) in [5, 5.41) is 9.97. The minimum atomic E-state index is -0.785. The molecule has 0 radical (unpaired) electrons. The summed E-state index contributed by atoms with van der Waals surface area (Å²) in [5.74, 6) is -0.785. The van der Waals surface area contributed by atoms with Crippen molar-refractivity contribution in [1.29, 1.82) is 0 Å². The van der Waals surface area contributed by atoms with Crippen molar-refractivity contribution in [3.63, 3.8) is 0 Å². The van der Waals surface area contributed by atoms with Crippen molar-refractivity contribution in [1.82, 2.24) is 14.8 Å². The van der Waals surface area contributed by atoms with Gasteiger partial charge in [-0.3, -0.25) is 9.69 Å². The van der Waals surface area contributed by atoms with Gasteiger partial charge in [-0.25, -0.2) is 4.98 Å². The number of thiazole rings is 1. The van der Waals surface area contributed by atoms with E-state index < -0.39 is 5.97 Å². The number of hydrogen-bond acceptors (Lipinski definition) is 5. The molecule has 0 aliphatic carbocycles. The van der Waals surface area contributed by atoms with Gasteiger partial charge in [0.2, 0.25) is 0 Å². The Hall–Kier alpha value is -0.980. The summed E-state index contributed by atoms with van der Waals surface area (Å²) in [7, 11) is 3.97. The molecule has 1 heterocycles. The van der Waals surface area contributed by atoms with Crippen molar-refractivity contribution in [2.24, 2.45) is 0 Å². The molecule has 1 rings (SSSR count). The van der Waals surface area contributed by atoms with Crippen LogP contribution in [0.5, 0.6) is 0 Å². The molecular weight excluding hydrogens is 250 g/mol. The molecule has 0 saturated carbocycles. The molecule has 0 aliphatic rings. The van der Waals surface area contributed by atoms with Crippen molar-refractivity contribution in [3.8, 4) is 0 Å². The van der Waals surface area contributed by atoms with Gasteiger partial charge in [0.05, 0.1) is 17.2 Å². The third-order valence-electron chi connectivity index (χ3n) is 2.59. The third kappa shape index (κ3) is 5.12. The molecule has 0 unspecified atom stereocenters. The molecule has 1 aromatic rings. The molecule has 6 heteroatoms. The van der Waals surface area contributed by atoms with Crippen LogP contribution in [0.15, 0.2) is 0 Å². The third-order valence-corrected chi connectivity index (χ3v) is 3.65. The number of rotatable bonds is 7. The average Bonchev–Trinajstić information content (AvgIpc) is 2.53. The SMILES string of the molecule is Cc1nc(C)c(CN(CCN(C)C)CC(=O)O)s1. The molecule has 5 nitrogen and oxygen atoms in total. The number of hydrogen-bond donors (Lipinski definition) is 1. The minimum Gasteiger partial charge on any atom is -0.480 e. The molecule has 0 bridgehead atoms. The maximum absolute atomic E-state index is 10.9. The van der Waals surface area contributed by atoms with E-state index in [-0.39, 0.29) is 6.54 Å². The Balaban J connectivity index is 2.65. The Morgan fingerprint density at radius 2 is 2.00 bits per heavy atom. The van der Waals surface area contributed by atoms with Gasteiger partial charge in [-0.2, -0.15) is 0 Å². The van der Waals surface area contributed by atoms with Crippen LogP contribution in [0.4, 0.5) is 0 Å². The van der Waals surface area contributed by atoms with Crippen LogP contribution in [0.1, 0.15) is 15.6 Å². The lowest BCUT2D eigenvalue weighted by Crippen LogP contribution is -2.35. The second-order valence-electron chi connectivity index (χ2n) is 4.65. The lowest BCUT2D eigenvalue weighted by Gasteiger charge is -2.21. The average molecular weight is 271 g/mol. The first-order chi connectivity index (χ1) is 8.38. The van der Waals surface area contributed by atoms with E-state index in [1.54, 1.807) is 11.3 Å². The Morgan fingerprint density at radius 3 is 2.44 bits per heavy atom. The van der Waals surface area contributed by atoms with E-state index in [0.717, 1.165) is 28.7 Å². The number of aryl methyl sites for hydroxylation is 2. The van der Waals surface area contributed by atoms with Crippen molar-refractivity contribution in [3.05, 3.63) is 15.6 Å². The summed E-state index contributed by atoms with van der Waals surface area (Å²) in [6, 6.07) is 0. The highest BCUT2D eigenvalue weighted by Gasteiger charge is 2.14. The summed E-state index contributed by atoms with van der Waals surface area (Å²) in [4.78, 5) is 20.4. The highest BCUT2D eigenvalue weighted by atomic mass is 32.1. The van der Waals surface area contributed by atoms with E-state index >= 15 is 0 Å². The quantitative estimate of drug-likeness (QED) is 0.808. The first-order valence-corrected chi connectivity index (χ1v) is 6.72. The van der Waals surface area contributed by atoms with Gasteiger partial charge in [0.25, 0.3) is 0 Å². The van der Waals surface area contributed by atoms with Crippen LogP contribution in [-0.2, 0) is 11.3 Å². The highest BCUT2D eigenvalue weighted by molar-refractivity contribution is 7.11. The number of aromatic nitrogens is 1. The monoisotopic (exact) mass is 271 g/mol. The van der Waals surface area contributed by atoms with Crippen LogP contribution in [0.2, 0.25) is 0 Å². The zero-order valence-corrected chi connectivity index (χ0v) is 12.3. The molecule has 0 aliphatic heterocycles. The molecule has 1 aromatic heterocycles. The number of carboxylic acid groups (broad SMARTS) is 1. The molecule has 18 heavy (non-hydrogen) atoms. The van der Waals surface area contributed by atoms with Crippen LogP contribution in [0, 0.1) is 13.8 Å². The maximum Gasteiger partial charge on any atom is 0.317 e. The largest absolute Gasteiger partial charge is 0.480 e. The standard InChI is InChI=1S/C12H21N3O2S/c1-9-11(18-10(2)13-9)7-15(8-12(16)17)6-5-14(3)4/h5-8H2,1-4H3,(H,16,17). The summed E-state index contributed by atoms with van der Waals surface area (Å²) in [6.07, 6.45) is 0. The number of carboxylic acids is 1. The number of likely N-dealkylation sites (N-methyl/N-ethyl adjacent to an activating group) is 1. The first-order valence-electron chi connectivity index (χ1n) is 5.90. The van der Waals surface area contributed by atoms with E-state index in [1.165, 1.54) is 0 Å². The van der Waals surface area contributed by atoms with Gasteiger partial charge in [0.1, 0.15) is 0 Å². The van der Waals surface area contributed by atoms with Gasteiger partial charge in [-0.1, -0.05) is 0 Å². The van der Waals surface area contributed by atoms with E-state index in [2.05, 4.69) is 9.88 Å². The molecular formula is C12H21N3O2S. The van der Waals surface area contributed by atoms with Crippen molar-refractivity contribution < 1.29 is 9.90 Å². The highest BCUT2D eigenvalue weighted by Crippen LogP contribution is 2.18. The molecule has 0 saturated heterocycles. The van der Waals surface area contributed by atoms with Crippen molar-refractivity contribution in [2.45, 2.75) is 20.4 Å². The number of nitrogens with zero attached hydrogens (tertiary/aromatic N) is 3.